The van der Waals surface area contributed by atoms with Crippen LogP contribution in [0.1, 0.15) is 18.2 Å². The molecule has 160 valence electrons. The van der Waals surface area contributed by atoms with Crippen molar-refractivity contribution < 1.29 is 26.5 Å². The fourth-order valence-corrected chi connectivity index (χ4v) is 4.10. The van der Waals surface area contributed by atoms with Crippen molar-refractivity contribution in [3.05, 3.63) is 53.5 Å². The van der Waals surface area contributed by atoms with Gasteiger partial charge in [0.15, 0.2) is 28.1 Å². The molecule has 0 saturated carbocycles. The smallest absolute Gasteiger partial charge is 0.306 e. The van der Waals surface area contributed by atoms with Gasteiger partial charge in [0.05, 0.1) is 24.7 Å². The van der Waals surface area contributed by atoms with Crippen LogP contribution in [-0.4, -0.2) is 48.2 Å². The predicted octanol–water partition coefficient (Wildman–Crippen LogP) is 2.68. The average molecular weight is 460 g/mol. The maximum absolute atomic E-state index is 12.6. The molecule has 0 spiro atoms. The lowest BCUT2D eigenvalue weighted by Crippen LogP contribution is -2.35. The summed E-state index contributed by atoms with van der Waals surface area (Å²) in [5.74, 6) is -0.000147. The molecule has 4 rings (SSSR count). The van der Waals surface area contributed by atoms with Gasteiger partial charge in [-0.2, -0.15) is 23.5 Å². The summed E-state index contributed by atoms with van der Waals surface area (Å²) in [4.78, 5) is 16.6. The highest BCUT2D eigenvalue weighted by molar-refractivity contribution is 8.27. The molecule has 0 atom stereocenters. The summed E-state index contributed by atoms with van der Waals surface area (Å²) in [5.41, 5.74) is 0.520. The summed E-state index contributed by atoms with van der Waals surface area (Å²) in [6.45, 7) is 2.02. The summed E-state index contributed by atoms with van der Waals surface area (Å²) >= 11 is 1.13. The summed E-state index contributed by atoms with van der Waals surface area (Å²) in [6.07, 6.45) is 3.90. The van der Waals surface area contributed by atoms with E-state index in [2.05, 4.69) is 10.1 Å². The summed E-state index contributed by atoms with van der Waals surface area (Å²) in [7, 11) is -3.74. The van der Waals surface area contributed by atoms with Gasteiger partial charge in [-0.3, -0.25) is 10.2 Å². The first-order chi connectivity index (χ1) is 14.7. The van der Waals surface area contributed by atoms with Gasteiger partial charge < -0.3 is 13.3 Å². The minimum Gasteiger partial charge on any atom is -0.490 e. The van der Waals surface area contributed by atoms with Crippen LogP contribution in [0.25, 0.3) is 6.08 Å². The lowest BCUT2D eigenvalue weighted by atomic mass is 10.1. The van der Waals surface area contributed by atoms with E-state index in [1.54, 1.807) is 25.1 Å². The van der Waals surface area contributed by atoms with Crippen molar-refractivity contribution in [1.29, 1.82) is 5.41 Å². The van der Waals surface area contributed by atoms with Crippen LogP contribution in [0.5, 0.6) is 11.5 Å². The number of amides is 1. The Bertz CT molecular complexity index is 1260. The van der Waals surface area contributed by atoms with Gasteiger partial charge in [-0.15, -0.1) is 0 Å². The second kappa shape index (κ2) is 8.04. The molecule has 1 aromatic heterocycles. The number of ether oxygens (including phenoxy) is 1. The highest BCUT2D eigenvalue weighted by atomic mass is 32.2. The topological polar surface area (TPSA) is 135 Å². The minimum atomic E-state index is -3.74. The monoisotopic (exact) mass is 460 g/mol. The average Bonchev–Trinajstić information content (AvgIpc) is 3.36. The van der Waals surface area contributed by atoms with E-state index in [4.69, 9.17) is 18.7 Å². The SMILES string of the molecule is CCOc1cc(/C=C2/C(=N)N3N=C(c4ccco4)SC3=NC2=O)ccc1OS(C)(=O)=O. The molecule has 1 aromatic carbocycles. The molecular formula is C19H16N4O6S2. The lowest BCUT2D eigenvalue weighted by molar-refractivity contribution is -0.114. The molecule has 0 fully saturated rings. The van der Waals surface area contributed by atoms with Crippen molar-refractivity contribution >= 4 is 49.9 Å². The van der Waals surface area contributed by atoms with Crippen molar-refractivity contribution in [2.24, 2.45) is 10.1 Å². The number of carbonyl (C=O) groups is 1. The number of hydrogen-bond acceptors (Lipinski definition) is 9. The Balaban J connectivity index is 1.67. The summed E-state index contributed by atoms with van der Waals surface area (Å²) < 4.78 is 38.6. The number of hydrazone groups is 1. The zero-order chi connectivity index (χ0) is 22.2. The van der Waals surface area contributed by atoms with E-state index in [0.29, 0.717) is 16.4 Å². The number of benzene rings is 1. The largest absolute Gasteiger partial charge is 0.490 e. The first kappa shape index (κ1) is 20.9. The zero-order valence-electron chi connectivity index (χ0n) is 16.4. The van der Waals surface area contributed by atoms with E-state index in [0.717, 1.165) is 18.0 Å². The molecule has 0 saturated heterocycles. The number of nitrogens with zero attached hydrogens (tertiary/aromatic N) is 3. The fourth-order valence-electron chi connectivity index (χ4n) is 2.77. The fraction of sp³-hybridized carbons (Fsp3) is 0.158. The molecule has 10 nitrogen and oxygen atoms in total. The molecule has 0 radical (unpaired) electrons. The van der Waals surface area contributed by atoms with E-state index >= 15 is 0 Å². The number of nitrogens with one attached hydrogen (secondary N) is 1. The maximum atomic E-state index is 12.6. The number of furan rings is 1. The van der Waals surface area contributed by atoms with Crippen LogP contribution in [0.15, 0.2) is 56.7 Å². The van der Waals surface area contributed by atoms with E-state index in [1.165, 1.54) is 29.5 Å². The Morgan fingerprint density at radius 1 is 1.29 bits per heavy atom. The first-order valence-corrected chi connectivity index (χ1v) is 11.6. The molecule has 0 unspecified atom stereocenters. The van der Waals surface area contributed by atoms with Crippen molar-refractivity contribution in [1.82, 2.24) is 5.01 Å². The molecule has 2 aliphatic rings. The van der Waals surface area contributed by atoms with Gasteiger partial charge in [0.25, 0.3) is 5.91 Å². The minimum absolute atomic E-state index is 0.0213. The Labute approximate surface area is 181 Å². The van der Waals surface area contributed by atoms with Crippen LogP contribution in [0.2, 0.25) is 0 Å². The van der Waals surface area contributed by atoms with Crippen LogP contribution in [0.4, 0.5) is 0 Å². The van der Waals surface area contributed by atoms with Gasteiger partial charge >= 0.3 is 10.1 Å². The Hall–Kier alpha value is -3.38. The second-order valence-corrected chi connectivity index (χ2v) is 8.86. The second-order valence-electron chi connectivity index (χ2n) is 6.33. The predicted molar refractivity (Wildman–Crippen MR) is 116 cm³/mol. The summed E-state index contributed by atoms with van der Waals surface area (Å²) in [6, 6.07) is 7.93. The number of thioether (sulfide) groups is 1. The van der Waals surface area contributed by atoms with Gasteiger partial charge in [0.2, 0.25) is 5.17 Å². The third-order valence-electron chi connectivity index (χ3n) is 4.01. The van der Waals surface area contributed by atoms with Crippen LogP contribution >= 0.6 is 11.8 Å². The van der Waals surface area contributed by atoms with Gasteiger partial charge in [-0.1, -0.05) is 6.07 Å². The number of carbonyl (C=O) groups excluding carboxylic acids is 1. The van der Waals surface area contributed by atoms with Gasteiger partial charge in [-0.05, 0) is 54.6 Å². The van der Waals surface area contributed by atoms with Crippen LogP contribution < -0.4 is 8.92 Å². The van der Waals surface area contributed by atoms with Crippen LogP contribution in [-0.2, 0) is 14.9 Å². The molecule has 1 amide bonds. The van der Waals surface area contributed by atoms with Crippen LogP contribution in [0, 0.1) is 5.41 Å². The number of fused-ring (bicyclic) bond motifs is 1. The Kier molecular flexibility index (Phi) is 5.41. The molecule has 1 N–H and O–H groups in total. The van der Waals surface area contributed by atoms with Crippen molar-refractivity contribution in [3.8, 4) is 11.5 Å². The van der Waals surface area contributed by atoms with Crippen molar-refractivity contribution in [2.45, 2.75) is 6.92 Å². The number of hydrogen-bond donors (Lipinski definition) is 1. The molecule has 0 bridgehead atoms. The van der Waals surface area contributed by atoms with Gasteiger partial charge in [-0.25, -0.2) is 0 Å². The first-order valence-electron chi connectivity index (χ1n) is 8.95. The number of rotatable bonds is 6. The van der Waals surface area contributed by atoms with Crippen molar-refractivity contribution in [3.63, 3.8) is 0 Å². The normalized spacial score (nSPS) is 17.5. The van der Waals surface area contributed by atoms with E-state index < -0.39 is 16.0 Å². The number of amidine groups is 2. The Morgan fingerprint density at radius 2 is 2.10 bits per heavy atom. The highest BCUT2D eigenvalue weighted by Crippen LogP contribution is 2.33. The summed E-state index contributed by atoms with van der Waals surface area (Å²) in [5, 5.41) is 14.8. The highest BCUT2D eigenvalue weighted by Gasteiger charge is 2.36. The van der Waals surface area contributed by atoms with E-state index in [9.17, 15) is 13.2 Å². The standard InChI is InChI=1S/C19H16N4O6S2/c1-3-27-15-10-11(6-7-13(15)29-31(2,25)26)9-12-16(20)23-19(21-17(12)24)30-18(22-23)14-5-4-8-28-14/h4-10,20H,3H2,1-2H3/b12-9-,20-16?. The molecular weight excluding hydrogens is 444 g/mol. The van der Waals surface area contributed by atoms with Crippen molar-refractivity contribution in [2.75, 3.05) is 12.9 Å². The molecule has 2 aromatic rings. The van der Waals surface area contributed by atoms with E-state index in [1.807, 2.05) is 0 Å². The molecule has 3 heterocycles. The Morgan fingerprint density at radius 3 is 2.77 bits per heavy atom. The van der Waals surface area contributed by atoms with E-state index in [-0.39, 0.29) is 34.7 Å². The van der Waals surface area contributed by atoms with Gasteiger partial charge in [0.1, 0.15) is 0 Å². The molecule has 2 aliphatic heterocycles. The maximum Gasteiger partial charge on any atom is 0.306 e. The molecule has 12 heteroatoms. The third kappa shape index (κ3) is 4.39. The van der Waals surface area contributed by atoms with Crippen LogP contribution in [0.3, 0.4) is 0 Å². The molecule has 31 heavy (non-hydrogen) atoms. The number of aliphatic imine (C=N–C) groups is 1. The van der Waals surface area contributed by atoms with Gasteiger partial charge in [0, 0.05) is 0 Å². The molecule has 0 aliphatic carbocycles. The lowest BCUT2D eigenvalue weighted by Gasteiger charge is -2.20. The quantitative estimate of drug-likeness (QED) is 0.514. The third-order valence-corrected chi connectivity index (χ3v) is 5.41. The zero-order valence-corrected chi connectivity index (χ0v) is 18.0.